The zero-order chi connectivity index (χ0) is 17.9. The van der Waals surface area contributed by atoms with Gasteiger partial charge in [-0.25, -0.2) is 9.37 Å². The topological polar surface area (TPSA) is 58.3 Å². The fourth-order valence-corrected chi connectivity index (χ4v) is 2.96. The Hall–Kier alpha value is -2.80. The monoisotopic (exact) mass is 353 g/mol. The van der Waals surface area contributed by atoms with Gasteiger partial charge in [0.05, 0.1) is 5.56 Å². The quantitative estimate of drug-likeness (QED) is 0.719. The third-order valence-corrected chi connectivity index (χ3v) is 4.57. The summed E-state index contributed by atoms with van der Waals surface area (Å²) in [4.78, 5) is 13.6. The summed E-state index contributed by atoms with van der Waals surface area (Å²) in [5.74, 6) is 1.72. The molecule has 1 fully saturated rings. The van der Waals surface area contributed by atoms with Crippen molar-refractivity contribution >= 4 is 5.82 Å². The molecule has 2 aromatic heterocycles. The fourth-order valence-electron chi connectivity index (χ4n) is 2.96. The van der Waals surface area contributed by atoms with Gasteiger partial charge >= 0.3 is 0 Å². The Morgan fingerprint density at radius 2 is 1.81 bits per heavy atom. The summed E-state index contributed by atoms with van der Waals surface area (Å²) in [6.45, 7) is 4.04. The largest absolute Gasteiger partial charge is 0.354 e. The summed E-state index contributed by atoms with van der Waals surface area (Å²) in [5.41, 5.74) is 1.73. The van der Waals surface area contributed by atoms with E-state index < -0.39 is 0 Å². The fraction of sp³-hybridized carbons (Fsp3) is 0.316. The molecule has 6 nitrogen and oxygen atoms in total. The number of rotatable bonds is 4. The van der Waals surface area contributed by atoms with E-state index in [-0.39, 0.29) is 5.82 Å². The van der Waals surface area contributed by atoms with E-state index in [4.69, 9.17) is 4.52 Å². The number of aromatic nitrogens is 3. The van der Waals surface area contributed by atoms with Gasteiger partial charge in [-0.2, -0.15) is 4.98 Å². The van der Waals surface area contributed by atoms with Gasteiger partial charge in [-0.15, -0.1) is 0 Å². The average molecular weight is 353 g/mol. The van der Waals surface area contributed by atoms with Gasteiger partial charge in [-0.3, -0.25) is 0 Å². The van der Waals surface area contributed by atoms with Crippen molar-refractivity contribution in [3.63, 3.8) is 0 Å². The molecular formula is C19H20FN5O. The molecule has 1 aliphatic heterocycles. The van der Waals surface area contributed by atoms with E-state index in [1.54, 1.807) is 18.3 Å². The number of halogens is 1. The van der Waals surface area contributed by atoms with Gasteiger partial charge in [-0.1, -0.05) is 17.3 Å². The summed E-state index contributed by atoms with van der Waals surface area (Å²) in [5, 5.41) is 4.01. The van der Waals surface area contributed by atoms with Crippen molar-refractivity contribution in [3.05, 3.63) is 59.8 Å². The van der Waals surface area contributed by atoms with Crippen LogP contribution in [-0.2, 0) is 6.42 Å². The van der Waals surface area contributed by atoms with Crippen LogP contribution in [0, 0.1) is 5.82 Å². The molecule has 0 aliphatic carbocycles. The molecule has 0 unspecified atom stereocenters. The molecule has 3 heterocycles. The molecule has 0 saturated carbocycles. The van der Waals surface area contributed by atoms with E-state index in [0.717, 1.165) is 43.1 Å². The second kappa shape index (κ2) is 7.21. The predicted molar refractivity (Wildman–Crippen MR) is 96.4 cm³/mol. The smallest absolute Gasteiger partial charge is 0.259 e. The number of piperazine rings is 1. The van der Waals surface area contributed by atoms with Crippen molar-refractivity contribution in [3.8, 4) is 11.5 Å². The van der Waals surface area contributed by atoms with E-state index in [0.29, 0.717) is 18.1 Å². The Balaban J connectivity index is 1.44. The van der Waals surface area contributed by atoms with Gasteiger partial charge in [0, 0.05) is 38.8 Å². The molecule has 4 rings (SSSR count). The number of pyridine rings is 1. The minimum Gasteiger partial charge on any atom is -0.354 e. The summed E-state index contributed by atoms with van der Waals surface area (Å²) in [6, 6.07) is 10.2. The maximum Gasteiger partial charge on any atom is 0.259 e. The number of hydrogen-bond acceptors (Lipinski definition) is 6. The van der Waals surface area contributed by atoms with Crippen LogP contribution in [0.5, 0.6) is 0 Å². The summed E-state index contributed by atoms with van der Waals surface area (Å²) < 4.78 is 18.3. The molecule has 26 heavy (non-hydrogen) atoms. The standard InChI is InChI=1S/C19H20FN5O/c1-24-8-10-25(11-9-24)18-7-4-15(13-21-18)19-22-17(23-26-19)12-14-2-5-16(20)6-3-14/h2-7,13H,8-12H2,1H3. The molecule has 7 heteroatoms. The Bertz CT molecular complexity index is 854. The first-order valence-corrected chi connectivity index (χ1v) is 8.64. The molecule has 0 bridgehead atoms. The van der Waals surface area contributed by atoms with Gasteiger partial charge in [0.15, 0.2) is 5.82 Å². The Kier molecular flexibility index (Phi) is 4.62. The van der Waals surface area contributed by atoms with Crippen LogP contribution in [0.25, 0.3) is 11.5 Å². The molecule has 0 atom stereocenters. The van der Waals surface area contributed by atoms with Gasteiger partial charge in [0.1, 0.15) is 11.6 Å². The lowest BCUT2D eigenvalue weighted by atomic mass is 10.1. The first-order chi connectivity index (χ1) is 12.7. The lowest BCUT2D eigenvalue weighted by Gasteiger charge is -2.33. The summed E-state index contributed by atoms with van der Waals surface area (Å²) >= 11 is 0. The zero-order valence-corrected chi connectivity index (χ0v) is 14.6. The van der Waals surface area contributed by atoms with Crippen LogP contribution >= 0.6 is 0 Å². The van der Waals surface area contributed by atoms with Crippen molar-refractivity contribution in [1.29, 1.82) is 0 Å². The molecule has 3 aromatic rings. The second-order valence-electron chi connectivity index (χ2n) is 6.51. The third kappa shape index (κ3) is 3.72. The average Bonchev–Trinajstić information content (AvgIpc) is 3.13. The lowest BCUT2D eigenvalue weighted by Crippen LogP contribution is -2.44. The molecule has 1 aliphatic rings. The highest BCUT2D eigenvalue weighted by Gasteiger charge is 2.16. The number of benzene rings is 1. The minimum absolute atomic E-state index is 0.255. The number of anilines is 1. The molecule has 1 aromatic carbocycles. The first kappa shape index (κ1) is 16.7. The number of likely N-dealkylation sites (N-methyl/N-ethyl adjacent to an activating group) is 1. The third-order valence-electron chi connectivity index (χ3n) is 4.57. The normalized spacial score (nSPS) is 15.4. The molecular weight excluding hydrogens is 333 g/mol. The van der Waals surface area contributed by atoms with Crippen LogP contribution in [0.2, 0.25) is 0 Å². The lowest BCUT2D eigenvalue weighted by molar-refractivity contribution is 0.312. The minimum atomic E-state index is -0.255. The predicted octanol–water partition coefficient (Wildman–Crippen LogP) is 2.61. The van der Waals surface area contributed by atoms with Crippen LogP contribution in [-0.4, -0.2) is 53.3 Å². The van der Waals surface area contributed by atoms with Crippen LogP contribution < -0.4 is 4.90 Å². The van der Waals surface area contributed by atoms with Crippen LogP contribution in [0.15, 0.2) is 47.1 Å². The van der Waals surface area contributed by atoms with Crippen LogP contribution in [0.4, 0.5) is 10.2 Å². The maximum atomic E-state index is 13.0. The Labute approximate surface area is 151 Å². The molecule has 134 valence electrons. The van der Waals surface area contributed by atoms with Crippen molar-refractivity contribution < 1.29 is 8.91 Å². The van der Waals surface area contributed by atoms with E-state index in [1.807, 2.05) is 12.1 Å². The van der Waals surface area contributed by atoms with Crippen molar-refractivity contribution in [1.82, 2.24) is 20.0 Å². The molecule has 0 N–H and O–H groups in total. The Morgan fingerprint density at radius 3 is 2.50 bits per heavy atom. The summed E-state index contributed by atoms with van der Waals surface area (Å²) in [7, 11) is 2.13. The van der Waals surface area contributed by atoms with E-state index in [2.05, 4.69) is 32.0 Å². The summed E-state index contributed by atoms with van der Waals surface area (Å²) in [6.07, 6.45) is 2.26. The molecule has 0 radical (unpaired) electrons. The van der Waals surface area contributed by atoms with E-state index in [9.17, 15) is 4.39 Å². The van der Waals surface area contributed by atoms with Gasteiger partial charge in [0.2, 0.25) is 0 Å². The molecule has 0 amide bonds. The first-order valence-electron chi connectivity index (χ1n) is 8.64. The van der Waals surface area contributed by atoms with Crippen molar-refractivity contribution in [2.75, 3.05) is 38.1 Å². The molecule has 1 saturated heterocycles. The van der Waals surface area contributed by atoms with Gasteiger partial charge < -0.3 is 14.3 Å². The number of hydrogen-bond donors (Lipinski definition) is 0. The SMILES string of the molecule is CN1CCN(c2ccc(-c3nc(Cc4ccc(F)cc4)no3)cn2)CC1. The highest BCUT2D eigenvalue weighted by Crippen LogP contribution is 2.21. The number of nitrogens with zero attached hydrogens (tertiary/aromatic N) is 5. The highest BCUT2D eigenvalue weighted by molar-refractivity contribution is 5.54. The van der Waals surface area contributed by atoms with Crippen molar-refractivity contribution in [2.45, 2.75) is 6.42 Å². The highest BCUT2D eigenvalue weighted by atomic mass is 19.1. The van der Waals surface area contributed by atoms with Gasteiger partial charge in [-0.05, 0) is 36.9 Å². The van der Waals surface area contributed by atoms with E-state index >= 15 is 0 Å². The van der Waals surface area contributed by atoms with E-state index in [1.165, 1.54) is 12.1 Å². The maximum absolute atomic E-state index is 13.0. The molecule has 0 spiro atoms. The van der Waals surface area contributed by atoms with Crippen LogP contribution in [0.3, 0.4) is 0 Å². The van der Waals surface area contributed by atoms with Crippen molar-refractivity contribution in [2.24, 2.45) is 0 Å². The zero-order valence-electron chi connectivity index (χ0n) is 14.6. The second-order valence-corrected chi connectivity index (χ2v) is 6.51. The van der Waals surface area contributed by atoms with Crippen LogP contribution in [0.1, 0.15) is 11.4 Å². The Morgan fingerprint density at radius 1 is 1.04 bits per heavy atom. The van der Waals surface area contributed by atoms with Gasteiger partial charge in [0.25, 0.3) is 5.89 Å².